The second-order valence-electron chi connectivity index (χ2n) is 10.8. The normalized spacial score (nSPS) is 33.2. The van der Waals surface area contributed by atoms with E-state index in [-0.39, 0.29) is 43.0 Å². The van der Waals surface area contributed by atoms with E-state index in [1.165, 1.54) is 0 Å². The van der Waals surface area contributed by atoms with Crippen molar-refractivity contribution in [2.24, 2.45) is 22.2 Å². The minimum absolute atomic E-state index is 0.0236. The third-order valence-corrected chi connectivity index (χ3v) is 9.59. The van der Waals surface area contributed by atoms with Crippen LogP contribution in [0.25, 0.3) is 0 Å². The van der Waals surface area contributed by atoms with E-state index in [0.717, 1.165) is 31.0 Å². The van der Waals surface area contributed by atoms with E-state index in [1.54, 1.807) is 13.8 Å². The van der Waals surface area contributed by atoms with Crippen LogP contribution in [0.2, 0.25) is 0 Å². The summed E-state index contributed by atoms with van der Waals surface area (Å²) in [5.74, 6) is 5.32. The molecule has 0 amide bonds. The van der Waals surface area contributed by atoms with Gasteiger partial charge in [-0.15, -0.1) is 11.8 Å². The predicted molar refractivity (Wildman–Crippen MR) is 133 cm³/mol. The van der Waals surface area contributed by atoms with Crippen molar-refractivity contribution in [3.63, 3.8) is 0 Å². The summed E-state index contributed by atoms with van der Waals surface area (Å²) in [5, 5.41) is 0.928. The number of rotatable bonds is 10. The highest BCUT2D eigenvalue weighted by molar-refractivity contribution is 9.09. The Morgan fingerprint density at radius 2 is 1.71 bits per heavy atom. The molecule has 0 spiro atoms. The molecule has 0 aromatic rings. The summed E-state index contributed by atoms with van der Waals surface area (Å²) in [6.45, 7) is 12.8. The van der Waals surface area contributed by atoms with Gasteiger partial charge in [0.15, 0.2) is 11.7 Å². The fraction of sp³-hybridized carbons (Fsp3) is 0.852. The van der Waals surface area contributed by atoms with Crippen molar-refractivity contribution >= 4 is 27.9 Å². The zero-order chi connectivity index (χ0) is 25.2. The van der Waals surface area contributed by atoms with Gasteiger partial charge >= 0.3 is 11.9 Å². The van der Waals surface area contributed by atoms with Crippen LogP contribution < -0.4 is 0 Å². The number of alkyl halides is 1. The molecule has 2 bridgehead atoms. The Morgan fingerprint density at radius 3 is 2.26 bits per heavy atom. The Labute approximate surface area is 213 Å². The predicted octanol–water partition coefficient (Wildman–Crippen LogP) is 5.40. The summed E-state index contributed by atoms with van der Waals surface area (Å²) in [4.78, 5) is 26.5. The molecule has 3 fully saturated rings. The molecule has 3 rings (SSSR count). The maximum absolute atomic E-state index is 13.3. The first-order valence-electron chi connectivity index (χ1n) is 12.7. The van der Waals surface area contributed by atoms with Gasteiger partial charge in [-0.1, -0.05) is 36.7 Å². The Balaban J connectivity index is 1.87. The minimum atomic E-state index is -1.58. The fourth-order valence-corrected chi connectivity index (χ4v) is 6.92. The van der Waals surface area contributed by atoms with Crippen LogP contribution in [-0.4, -0.2) is 48.5 Å². The lowest BCUT2D eigenvalue weighted by Gasteiger charge is -2.45. The smallest absolute Gasteiger partial charge is 0.324 e. The van der Waals surface area contributed by atoms with Gasteiger partial charge in [0.25, 0.3) is 0 Å². The number of hydrogen-bond donors (Lipinski definition) is 0. The van der Waals surface area contributed by atoms with Crippen LogP contribution in [0.1, 0.15) is 86.5 Å². The number of esters is 2. The molecule has 3 aliphatic rings. The zero-order valence-corrected chi connectivity index (χ0v) is 23.2. The Kier molecular flexibility index (Phi) is 8.48. The average molecular weight is 542 g/mol. The van der Waals surface area contributed by atoms with Crippen molar-refractivity contribution in [3.8, 4) is 11.8 Å². The molecule has 1 heterocycles. The number of fused-ring (bicyclic) bond motifs is 5. The summed E-state index contributed by atoms with van der Waals surface area (Å²) in [6.07, 6.45) is 4.16. The molecule has 0 radical (unpaired) electrons. The SMILES string of the molecule is CCOC(=O)C(CC#CCCCCBr)(CC1OC2C3CCC(C)(C3(C)C)C2(C)O1)C(=O)OCC. The number of hydrogen-bond acceptors (Lipinski definition) is 6. The standard InChI is InChI=1S/C27H41BrO6/c1-7-31-22(29)27(23(30)32-8-2,15-12-10-9-11-13-17-28)18-20-33-21-19-14-16-25(5,24(19,3)4)26(21,6)34-20/h19-21H,7-9,11,13-18H2,1-6H3. The van der Waals surface area contributed by atoms with E-state index < -0.39 is 29.2 Å². The van der Waals surface area contributed by atoms with Gasteiger partial charge < -0.3 is 18.9 Å². The summed E-state index contributed by atoms with van der Waals surface area (Å²) in [5.41, 5.74) is -2.00. The van der Waals surface area contributed by atoms with Gasteiger partial charge in [-0.2, -0.15) is 0 Å². The molecule has 6 nitrogen and oxygen atoms in total. The Bertz CT molecular complexity index is 811. The lowest BCUT2D eigenvalue weighted by atomic mass is 9.65. The number of carbonyl (C=O) groups is 2. The molecule has 0 aromatic heterocycles. The van der Waals surface area contributed by atoms with E-state index in [9.17, 15) is 9.59 Å². The summed E-state index contributed by atoms with van der Waals surface area (Å²) >= 11 is 3.42. The molecular formula is C27H41BrO6. The summed E-state index contributed by atoms with van der Waals surface area (Å²) < 4.78 is 23.9. The van der Waals surface area contributed by atoms with E-state index in [2.05, 4.69) is 55.5 Å². The molecule has 192 valence electrons. The minimum Gasteiger partial charge on any atom is -0.465 e. The van der Waals surface area contributed by atoms with Crippen molar-refractivity contribution in [2.75, 3.05) is 18.5 Å². The van der Waals surface area contributed by atoms with Crippen LogP contribution >= 0.6 is 15.9 Å². The Morgan fingerprint density at radius 1 is 1.06 bits per heavy atom. The van der Waals surface area contributed by atoms with Crippen LogP contribution in [0.5, 0.6) is 0 Å². The number of halogens is 1. The first-order chi connectivity index (χ1) is 16.0. The quantitative estimate of drug-likeness (QED) is 0.121. The molecular weight excluding hydrogens is 500 g/mol. The number of ether oxygens (including phenoxy) is 4. The summed E-state index contributed by atoms with van der Waals surface area (Å²) in [6, 6.07) is 0. The first-order valence-corrected chi connectivity index (χ1v) is 13.9. The average Bonchev–Trinajstić information content (AvgIpc) is 3.28. The lowest BCUT2D eigenvalue weighted by molar-refractivity contribution is -0.189. The highest BCUT2D eigenvalue weighted by Gasteiger charge is 2.76. The van der Waals surface area contributed by atoms with Crippen molar-refractivity contribution in [1.29, 1.82) is 0 Å². The van der Waals surface area contributed by atoms with Crippen molar-refractivity contribution in [3.05, 3.63) is 0 Å². The van der Waals surface area contributed by atoms with E-state index in [4.69, 9.17) is 18.9 Å². The van der Waals surface area contributed by atoms with Crippen molar-refractivity contribution in [1.82, 2.24) is 0 Å². The van der Waals surface area contributed by atoms with Gasteiger partial charge in [-0.3, -0.25) is 9.59 Å². The van der Waals surface area contributed by atoms with Gasteiger partial charge in [0.05, 0.1) is 19.3 Å². The molecule has 7 heteroatoms. The molecule has 5 atom stereocenters. The molecule has 5 unspecified atom stereocenters. The van der Waals surface area contributed by atoms with Crippen LogP contribution in [0.4, 0.5) is 0 Å². The highest BCUT2D eigenvalue weighted by atomic mass is 79.9. The van der Waals surface area contributed by atoms with Crippen LogP contribution in [0, 0.1) is 34.0 Å². The van der Waals surface area contributed by atoms with Crippen molar-refractivity contribution in [2.45, 2.75) is 104 Å². The van der Waals surface area contributed by atoms with E-state index in [0.29, 0.717) is 12.3 Å². The molecule has 34 heavy (non-hydrogen) atoms. The van der Waals surface area contributed by atoms with Crippen molar-refractivity contribution < 1.29 is 28.5 Å². The maximum atomic E-state index is 13.3. The third kappa shape index (κ3) is 4.33. The maximum Gasteiger partial charge on any atom is 0.324 e. The number of carbonyl (C=O) groups excluding carboxylic acids is 2. The van der Waals surface area contributed by atoms with Gasteiger partial charge in [0.1, 0.15) is 5.60 Å². The van der Waals surface area contributed by atoms with Gasteiger partial charge in [0.2, 0.25) is 0 Å². The first kappa shape index (κ1) is 27.5. The molecule has 0 N–H and O–H groups in total. The van der Waals surface area contributed by atoms with Gasteiger partial charge in [0, 0.05) is 30.0 Å². The molecule has 2 saturated carbocycles. The largest absolute Gasteiger partial charge is 0.465 e. The lowest BCUT2D eigenvalue weighted by Crippen LogP contribution is -2.50. The van der Waals surface area contributed by atoms with Gasteiger partial charge in [-0.05, 0) is 57.8 Å². The van der Waals surface area contributed by atoms with Gasteiger partial charge in [-0.25, -0.2) is 0 Å². The Hall–Kier alpha value is -1.10. The zero-order valence-electron chi connectivity index (χ0n) is 21.6. The van der Waals surface area contributed by atoms with Crippen LogP contribution in [0.15, 0.2) is 0 Å². The number of unbranched alkanes of at least 4 members (excludes halogenated alkanes) is 2. The molecule has 2 aliphatic carbocycles. The molecule has 1 saturated heterocycles. The molecule has 0 aromatic carbocycles. The summed E-state index contributed by atoms with van der Waals surface area (Å²) in [7, 11) is 0. The van der Waals surface area contributed by atoms with Crippen LogP contribution in [-0.2, 0) is 28.5 Å². The topological polar surface area (TPSA) is 71.1 Å². The fourth-order valence-electron chi connectivity index (χ4n) is 6.53. The highest BCUT2D eigenvalue weighted by Crippen LogP contribution is 2.73. The van der Waals surface area contributed by atoms with E-state index >= 15 is 0 Å². The van der Waals surface area contributed by atoms with Crippen LogP contribution in [0.3, 0.4) is 0 Å². The second-order valence-corrected chi connectivity index (χ2v) is 11.6. The molecule has 1 aliphatic heterocycles. The van der Waals surface area contributed by atoms with E-state index in [1.807, 2.05) is 0 Å². The second kappa shape index (κ2) is 10.5. The third-order valence-electron chi connectivity index (χ3n) is 9.03. The monoisotopic (exact) mass is 540 g/mol.